The molecule has 0 bridgehead atoms. The fourth-order valence-electron chi connectivity index (χ4n) is 1.26. The molecule has 0 heterocycles. The van der Waals surface area contributed by atoms with E-state index in [9.17, 15) is 0 Å². The molecule has 12 heavy (non-hydrogen) atoms. The summed E-state index contributed by atoms with van der Waals surface area (Å²) in [7, 11) is 0. The van der Waals surface area contributed by atoms with Gasteiger partial charge in [-0.15, -0.1) is 0 Å². The van der Waals surface area contributed by atoms with Crippen LogP contribution in [0.5, 0.6) is 0 Å². The van der Waals surface area contributed by atoms with Crippen LogP contribution in [-0.2, 0) is 0 Å². The minimum atomic E-state index is -0.124. The van der Waals surface area contributed by atoms with E-state index in [1.165, 1.54) is 0 Å². The van der Waals surface area contributed by atoms with Gasteiger partial charge in [0.1, 0.15) is 0 Å². The van der Waals surface area contributed by atoms with Gasteiger partial charge in [-0.1, -0.05) is 31.2 Å². The molecule has 0 saturated heterocycles. The maximum atomic E-state index is 5.43. The molecular weight excluding hydrogens is 168 g/mol. The van der Waals surface area contributed by atoms with E-state index in [4.69, 9.17) is 18.0 Å². The van der Waals surface area contributed by atoms with Crippen molar-refractivity contribution in [3.63, 3.8) is 0 Å². The number of allylic oxidation sites excluding steroid dienone is 2. The number of hydrogen-bond donors (Lipinski definition) is 2. The lowest BCUT2D eigenvalue weighted by Crippen LogP contribution is -2.51. The van der Waals surface area contributed by atoms with Crippen molar-refractivity contribution in [3.05, 3.63) is 24.3 Å². The average Bonchev–Trinajstić information content (AvgIpc) is 1.94. The Bertz CT molecular complexity index is 245. The Morgan fingerprint density at radius 1 is 1.58 bits per heavy atom. The van der Waals surface area contributed by atoms with E-state index in [1.807, 2.05) is 12.2 Å². The molecular formula is C9H14N2S. The number of rotatable bonds is 1. The molecule has 0 aliphatic heterocycles. The van der Waals surface area contributed by atoms with Crippen LogP contribution in [-0.4, -0.2) is 10.7 Å². The van der Waals surface area contributed by atoms with Crippen molar-refractivity contribution in [3.8, 4) is 0 Å². The van der Waals surface area contributed by atoms with Gasteiger partial charge < -0.3 is 11.1 Å². The second-order valence-electron chi connectivity index (χ2n) is 3.30. The lowest BCUT2D eigenvalue weighted by molar-refractivity contribution is 0.410. The summed E-state index contributed by atoms with van der Waals surface area (Å²) < 4.78 is 0. The second-order valence-corrected chi connectivity index (χ2v) is 3.74. The summed E-state index contributed by atoms with van der Waals surface area (Å²) in [5.74, 6) is 0.406. The van der Waals surface area contributed by atoms with Crippen molar-refractivity contribution in [1.29, 1.82) is 0 Å². The zero-order valence-corrected chi connectivity index (χ0v) is 8.19. The molecule has 2 nitrogen and oxygen atoms in total. The van der Waals surface area contributed by atoms with Crippen molar-refractivity contribution in [2.45, 2.75) is 19.4 Å². The molecule has 1 aliphatic carbocycles. The minimum absolute atomic E-state index is 0.124. The van der Waals surface area contributed by atoms with Crippen LogP contribution in [0.4, 0.5) is 0 Å². The summed E-state index contributed by atoms with van der Waals surface area (Å²) in [6.07, 6.45) is 8.25. The van der Waals surface area contributed by atoms with Gasteiger partial charge in [-0.25, -0.2) is 0 Å². The molecule has 66 valence electrons. The van der Waals surface area contributed by atoms with E-state index < -0.39 is 0 Å². The molecule has 3 N–H and O–H groups in total. The molecule has 3 heteroatoms. The standard InChI is InChI=1S/C9H14N2S/c1-7-5-3-4-6-9(7,2)11-8(10)12/h3-7H,1-2H3,(H3,10,11,12). The van der Waals surface area contributed by atoms with Crippen molar-refractivity contribution in [2.24, 2.45) is 11.7 Å². The predicted octanol–water partition coefficient (Wildman–Crippen LogP) is 1.34. The average molecular weight is 182 g/mol. The number of nitrogens with one attached hydrogen (secondary N) is 1. The second kappa shape index (κ2) is 3.27. The Labute approximate surface area is 78.5 Å². The van der Waals surface area contributed by atoms with E-state index in [0.717, 1.165) is 0 Å². The third kappa shape index (κ3) is 1.85. The van der Waals surface area contributed by atoms with Crippen molar-refractivity contribution >= 4 is 17.3 Å². The first-order valence-corrected chi connectivity index (χ1v) is 4.39. The highest BCUT2D eigenvalue weighted by Gasteiger charge is 2.27. The van der Waals surface area contributed by atoms with E-state index in [0.29, 0.717) is 11.0 Å². The molecule has 0 fully saturated rings. The van der Waals surface area contributed by atoms with E-state index >= 15 is 0 Å². The Morgan fingerprint density at radius 2 is 2.25 bits per heavy atom. The summed E-state index contributed by atoms with van der Waals surface area (Å²) in [5, 5.41) is 3.43. The van der Waals surface area contributed by atoms with E-state index in [-0.39, 0.29) is 5.54 Å². The normalized spacial score (nSPS) is 33.3. The van der Waals surface area contributed by atoms with Crippen LogP contribution in [0.1, 0.15) is 13.8 Å². The number of hydrogen-bond acceptors (Lipinski definition) is 1. The maximum absolute atomic E-state index is 5.43. The molecule has 2 unspecified atom stereocenters. The van der Waals surface area contributed by atoms with Gasteiger partial charge >= 0.3 is 0 Å². The molecule has 0 aromatic carbocycles. The smallest absolute Gasteiger partial charge is 0.164 e. The Morgan fingerprint density at radius 3 is 2.75 bits per heavy atom. The third-order valence-corrected chi connectivity index (χ3v) is 2.39. The van der Waals surface area contributed by atoms with Crippen LogP contribution in [0.3, 0.4) is 0 Å². The Kier molecular flexibility index (Phi) is 2.52. The summed E-state index contributed by atoms with van der Waals surface area (Å²) in [6, 6.07) is 0. The Hall–Kier alpha value is -0.830. The quantitative estimate of drug-likeness (QED) is 0.601. The fraction of sp³-hybridized carbons (Fsp3) is 0.444. The highest BCUT2D eigenvalue weighted by Crippen LogP contribution is 2.23. The van der Waals surface area contributed by atoms with Gasteiger partial charge in [-0.3, -0.25) is 0 Å². The lowest BCUT2D eigenvalue weighted by atomic mass is 9.84. The summed E-state index contributed by atoms with van der Waals surface area (Å²) in [6.45, 7) is 4.21. The summed E-state index contributed by atoms with van der Waals surface area (Å²) >= 11 is 4.81. The first-order chi connectivity index (χ1) is 5.54. The molecule has 2 atom stereocenters. The lowest BCUT2D eigenvalue weighted by Gasteiger charge is -2.34. The molecule has 0 spiro atoms. The predicted molar refractivity (Wildman–Crippen MR) is 55.8 cm³/mol. The van der Waals surface area contributed by atoms with Crippen LogP contribution >= 0.6 is 12.2 Å². The van der Waals surface area contributed by atoms with Gasteiger partial charge in [-0.2, -0.15) is 0 Å². The Balaban J connectivity index is 2.76. The first kappa shape index (κ1) is 9.26. The van der Waals surface area contributed by atoms with Gasteiger partial charge in [0.25, 0.3) is 0 Å². The SMILES string of the molecule is CC1C=CC=CC1(C)NC(N)=S. The van der Waals surface area contributed by atoms with Gasteiger partial charge in [0.15, 0.2) is 5.11 Å². The van der Waals surface area contributed by atoms with E-state index in [1.54, 1.807) is 0 Å². The monoisotopic (exact) mass is 182 g/mol. The van der Waals surface area contributed by atoms with Crippen molar-refractivity contribution in [2.75, 3.05) is 0 Å². The van der Waals surface area contributed by atoms with E-state index in [2.05, 4.69) is 31.3 Å². The molecule has 0 aromatic heterocycles. The topological polar surface area (TPSA) is 38.0 Å². The van der Waals surface area contributed by atoms with Crippen molar-refractivity contribution in [1.82, 2.24) is 5.32 Å². The largest absolute Gasteiger partial charge is 0.376 e. The van der Waals surface area contributed by atoms with Gasteiger partial charge in [0.2, 0.25) is 0 Å². The minimum Gasteiger partial charge on any atom is -0.376 e. The zero-order valence-electron chi connectivity index (χ0n) is 7.37. The van der Waals surface area contributed by atoms with Crippen LogP contribution in [0.25, 0.3) is 0 Å². The van der Waals surface area contributed by atoms with Crippen LogP contribution in [0.2, 0.25) is 0 Å². The highest BCUT2D eigenvalue weighted by atomic mass is 32.1. The molecule has 0 radical (unpaired) electrons. The van der Waals surface area contributed by atoms with Gasteiger partial charge in [0.05, 0.1) is 5.54 Å². The van der Waals surface area contributed by atoms with Crippen LogP contribution in [0, 0.1) is 5.92 Å². The highest BCUT2D eigenvalue weighted by molar-refractivity contribution is 7.80. The first-order valence-electron chi connectivity index (χ1n) is 3.98. The summed E-state index contributed by atoms with van der Waals surface area (Å²) in [5.41, 5.74) is 5.31. The zero-order chi connectivity index (χ0) is 9.19. The van der Waals surface area contributed by atoms with Crippen LogP contribution in [0.15, 0.2) is 24.3 Å². The molecule has 1 aliphatic rings. The molecule has 0 amide bonds. The van der Waals surface area contributed by atoms with Crippen molar-refractivity contribution < 1.29 is 0 Å². The third-order valence-electron chi connectivity index (χ3n) is 2.29. The van der Waals surface area contributed by atoms with Gasteiger partial charge in [0, 0.05) is 5.92 Å². The molecule has 0 aromatic rings. The molecule has 0 saturated carbocycles. The van der Waals surface area contributed by atoms with Gasteiger partial charge in [-0.05, 0) is 19.1 Å². The molecule has 1 rings (SSSR count). The number of thiocarbonyl (C=S) groups is 1. The summed E-state index contributed by atoms with van der Waals surface area (Å²) in [4.78, 5) is 0. The maximum Gasteiger partial charge on any atom is 0.164 e. The van der Waals surface area contributed by atoms with Crippen LogP contribution < -0.4 is 11.1 Å². The number of nitrogens with two attached hydrogens (primary N) is 1. The fourth-order valence-corrected chi connectivity index (χ4v) is 1.48.